The van der Waals surface area contributed by atoms with Crippen molar-refractivity contribution in [2.45, 2.75) is 25.4 Å². The van der Waals surface area contributed by atoms with Gasteiger partial charge in [-0.05, 0) is 30.3 Å². The lowest BCUT2D eigenvalue weighted by atomic mass is 9.95. The molecule has 4 aromatic rings. The number of pyridine rings is 2. The molecule has 1 N–H and O–H groups in total. The molecule has 10 heteroatoms. The van der Waals surface area contributed by atoms with Crippen LogP contribution in [0, 0.1) is 0 Å². The van der Waals surface area contributed by atoms with Gasteiger partial charge in [-0.2, -0.15) is 8.78 Å². The second-order valence-electron chi connectivity index (χ2n) is 9.08. The molecule has 6 rings (SSSR count). The molecule has 0 radical (unpaired) electrons. The smallest absolute Gasteiger partial charge is 0.387 e. The van der Waals surface area contributed by atoms with Gasteiger partial charge in [0.05, 0.1) is 5.69 Å². The maximum Gasteiger partial charge on any atom is 0.387 e. The van der Waals surface area contributed by atoms with Crippen LogP contribution in [0.5, 0.6) is 5.75 Å². The summed E-state index contributed by atoms with van der Waals surface area (Å²) < 4.78 is 32.7. The number of amides is 1. The molecule has 1 saturated heterocycles. The van der Waals surface area contributed by atoms with Crippen molar-refractivity contribution < 1.29 is 23.1 Å². The summed E-state index contributed by atoms with van der Waals surface area (Å²) in [5.41, 5.74) is 3.89. The number of ether oxygens (including phenoxy) is 1. The van der Waals surface area contributed by atoms with Gasteiger partial charge in [0.2, 0.25) is 5.91 Å². The first-order valence-corrected chi connectivity index (χ1v) is 12.0. The van der Waals surface area contributed by atoms with E-state index < -0.39 is 12.5 Å². The van der Waals surface area contributed by atoms with Crippen molar-refractivity contribution >= 4 is 23.2 Å². The summed E-state index contributed by atoms with van der Waals surface area (Å²) in [5, 5.41) is 2.86. The van der Waals surface area contributed by atoms with Gasteiger partial charge in [0.25, 0.3) is 0 Å². The van der Waals surface area contributed by atoms with Gasteiger partial charge in [-0.1, -0.05) is 18.2 Å². The fourth-order valence-corrected chi connectivity index (χ4v) is 5.12. The maximum atomic E-state index is 13.0. The molecule has 3 aromatic heterocycles. The van der Waals surface area contributed by atoms with E-state index in [4.69, 9.17) is 4.74 Å². The highest BCUT2D eigenvalue weighted by Gasteiger charge is 2.37. The summed E-state index contributed by atoms with van der Waals surface area (Å²) in [4.78, 5) is 35.7. The zero-order valence-electron chi connectivity index (χ0n) is 19.7. The molecule has 1 atom stereocenters. The van der Waals surface area contributed by atoms with Crippen LogP contribution in [0.1, 0.15) is 40.5 Å². The third-order valence-corrected chi connectivity index (χ3v) is 6.87. The van der Waals surface area contributed by atoms with Gasteiger partial charge in [-0.3, -0.25) is 9.59 Å². The predicted molar refractivity (Wildman–Crippen MR) is 132 cm³/mol. The Morgan fingerprint density at radius 1 is 1.03 bits per heavy atom. The number of imidazole rings is 1. The summed E-state index contributed by atoms with van der Waals surface area (Å²) in [7, 11) is 0. The molecule has 1 unspecified atom stereocenters. The molecule has 2 aliphatic rings. The van der Waals surface area contributed by atoms with Crippen molar-refractivity contribution in [2.75, 3.05) is 24.5 Å². The highest BCUT2D eigenvalue weighted by molar-refractivity contribution is 6.00. The lowest BCUT2D eigenvalue weighted by Gasteiger charge is -2.20. The number of benzene rings is 1. The first kappa shape index (κ1) is 23.1. The monoisotopic (exact) mass is 503 g/mol. The van der Waals surface area contributed by atoms with Gasteiger partial charge in [-0.25, -0.2) is 9.97 Å². The number of rotatable bonds is 5. The van der Waals surface area contributed by atoms with Crippen LogP contribution in [0.2, 0.25) is 0 Å². The number of carbonyl (C=O) groups excluding carboxylic acids is 2. The molecule has 37 heavy (non-hydrogen) atoms. The number of fused-ring (bicyclic) bond motifs is 3. The van der Waals surface area contributed by atoms with Crippen LogP contribution in [-0.2, 0) is 4.79 Å². The van der Waals surface area contributed by atoms with E-state index in [2.05, 4.69) is 20.2 Å². The highest BCUT2D eigenvalue weighted by atomic mass is 19.3. The average Bonchev–Trinajstić information content (AvgIpc) is 3.34. The van der Waals surface area contributed by atoms with Crippen LogP contribution in [0.4, 0.5) is 14.6 Å². The van der Waals surface area contributed by atoms with E-state index in [-0.39, 0.29) is 23.9 Å². The number of Topliss-reactive ketones (excluding diaryl/α,β-unsaturated/α-hetero) is 1. The molecule has 188 valence electrons. The van der Waals surface area contributed by atoms with Gasteiger partial charge in [0.15, 0.2) is 5.78 Å². The van der Waals surface area contributed by atoms with E-state index in [9.17, 15) is 18.4 Å². The zero-order valence-corrected chi connectivity index (χ0v) is 19.7. The Balaban J connectivity index is 1.36. The fourth-order valence-electron chi connectivity index (χ4n) is 5.12. The molecular formula is C27H23F2N5O3. The molecule has 1 fully saturated rings. The van der Waals surface area contributed by atoms with E-state index in [1.165, 1.54) is 6.07 Å². The van der Waals surface area contributed by atoms with Gasteiger partial charge < -0.3 is 19.4 Å². The maximum absolute atomic E-state index is 13.0. The normalized spacial score (nSPS) is 17.7. The quantitative estimate of drug-likeness (QED) is 0.442. The molecule has 0 bridgehead atoms. The third-order valence-electron chi connectivity index (χ3n) is 6.87. The molecule has 0 spiro atoms. The third kappa shape index (κ3) is 4.28. The van der Waals surface area contributed by atoms with Crippen LogP contribution in [0.25, 0.3) is 16.8 Å². The van der Waals surface area contributed by atoms with Crippen LogP contribution < -0.4 is 15.0 Å². The highest BCUT2D eigenvalue weighted by Crippen LogP contribution is 2.42. The number of nitrogens with one attached hydrogen (secondary N) is 1. The van der Waals surface area contributed by atoms with Gasteiger partial charge in [0.1, 0.15) is 22.9 Å². The Morgan fingerprint density at radius 3 is 2.68 bits per heavy atom. The first-order valence-electron chi connectivity index (χ1n) is 12.0. The Hall–Kier alpha value is -4.34. The second-order valence-corrected chi connectivity index (χ2v) is 9.08. The zero-order chi connectivity index (χ0) is 25.5. The molecule has 1 aromatic carbocycles. The molecule has 8 nitrogen and oxygen atoms in total. The van der Waals surface area contributed by atoms with Crippen molar-refractivity contribution in [3.8, 4) is 16.9 Å². The minimum Gasteiger partial charge on any atom is -0.435 e. The topological polar surface area (TPSA) is 88.8 Å². The summed E-state index contributed by atoms with van der Waals surface area (Å²) in [6, 6.07) is 14.2. The SMILES string of the molecule is O=C1CCN(c2ccc(-c3ccc4nc5c(n4c3)C(c3ccccc3OC(F)F)CC5=O)cn2)CCN1. The number of halogens is 2. The number of anilines is 1. The van der Waals surface area contributed by atoms with Crippen LogP contribution in [-0.4, -0.2) is 52.3 Å². The standard InChI is InChI=1S/C27H23F2N5O3/c28-27(29)37-21-4-2-1-3-18(21)19-13-20(35)25-26(19)34-15-17(6-8-23(34)32-25)16-5-7-22(31-14-16)33-11-9-24(36)30-10-12-33/h1-8,14-15,19,27H,9-13H2,(H,30,36). The van der Waals surface area contributed by atoms with E-state index in [1.54, 1.807) is 24.4 Å². The van der Waals surface area contributed by atoms with E-state index in [1.807, 2.05) is 34.9 Å². The number of ketones is 1. The van der Waals surface area contributed by atoms with E-state index in [0.29, 0.717) is 48.7 Å². The largest absolute Gasteiger partial charge is 0.435 e. The van der Waals surface area contributed by atoms with E-state index in [0.717, 1.165) is 16.9 Å². The van der Waals surface area contributed by atoms with Crippen LogP contribution >= 0.6 is 0 Å². The molecule has 4 heterocycles. The summed E-state index contributed by atoms with van der Waals surface area (Å²) in [6.07, 6.45) is 4.24. The number of carbonyl (C=O) groups is 2. The van der Waals surface area contributed by atoms with Crippen LogP contribution in [0.3, 0.4) is 0 Å². The minimum atomic E-state index is -2.96. The Labute approximate surface area is 210 Å². The van der Waals surface area contributed by atoms with Crippen molar-refractivity contribution in [1.82, 2.24) is 19.7 Å². The van der Waals surface area contributed by atoms with Crippen molar-refractivity contribution in [3.63, 3.8) is 0 Å². The van der Waals surface area contributed by atoms with Crippen molar-refractivity contribution in [3.05, 3.63) is 77.9 Å². The summed E-state index contributed by atoms with van der Waals surface area (Å²) in [5.74, 6) is 0.308. The molecule has 1 amide bonds. The minimum absolute atomic E-state index is 0.0421. The molecular weight excluding hydrogens is 480 g/mol. The Morgan fingerprint density at radius 2 is 1.86 bits per heavy atom. The van der Waals surface area contributed by atoms with Gasteiger partial charge >= 0.3 is 6.61 Å². The second kappa shape index (κ2) is 9.27. The molecule has 1 aliphatic heterocycles. The predicted octanol–water partition coefficient (Wildman–Crippen LogP) is 4.04. The average molecular weight is 504 g/mol. The van der Waals surface area contributed by atoms with Gasteiger partial charge in [-0.15, -0.1) is 0 Å². The molecule has 0 saturated carbocycles. The molecule has 1 aliphatic carbocycles. The lowest BCUT2D eigenvalue weighted by molar-refractivity contribution is -0.120. The van der Waals surface area contributed by atoms with Gasteiger partial charge in [0, 0.05) is 67.5 Å². The number of aromatic nitrogens is 3. The van der Waals surface area contributed by atoms with E-state index >= 15 is 0 Å². The Bertz CT molecular complexity index is 1500. The number of hydrogen-bond acceptors (Lipinski definition) is 6. The Kier molecular flexibility index (Phi) is 5.78. The van der Waals surface area contributed by atoms with Crippen LogP contribution in [0.15, 0.2) is 60.9 Å². The number of para-hydroxylation sites is 1. The van der Waals surface area contributed by atoms with Crippen molar-refractivity contribution in [1.29, 1.82) is 0 Å². The number of alkyl halides is 2. The fraction of sp³-hybridized carbons (Fsp3) is 0.259. The first-order chi connectivity index (χ1) is 18.0. The number of nitrogens with zero attached hydrogens (tertiary/aromatic N) is 4. The summed E-state index contributed by atoms with van der Waals surface area (Å²) in [6.45, 7) is -1.08. The summed E-state index contributed by atoms with van der Waals surface area (Å²) >= 11 is 0. The lowest BCUT2D eigenvalue weighted by Crippen LogP contribution is -2.28. The number of hydrogen-bond donors (Lipinski definition) is 1. The van der Waals surface area contributed by atoms with Crippen molar-refractivity contribution in [2.24, 2.45) is 0 Å².